The van der Waals surface area contributed by atoms with Gasteiger partial charge in [-0.05, 0) is 24.6 Å². The lowest BCUT2D eigenvalue weighted by Gasteiger charge is -2.05. The average molecular weight is 364 g/mol. The lowest BCUT2D eigenvalue weighted by atomic mass is 10.2. The van der Waals surface area contributed by atoms with Gasteiger partial charge in [-0.25, -0.2) is 4.79 Å². The van der Waals surface area contributed by atoms with Gasteiger partial charge in [-0.2, -0.15) is 5.10 Å². The molecule has 0 radical (unpaired) electrons. The fraction of sp³-hybridized carbons (Fsp3) is 0.188. The van der Waals surface area contributed by atoms with Gasteiger partial charge in [-0.3, -0.25) is 9.48 Å². The minimum Gasteiger partial charge on any atom is -0.451 e. The third kappa shape index (κ3) is 3.27. The number of rotatable bonds is 5. The van der Waals surface area contributed by atoms with Crippen molar-refractivity contribution in [3.8, 4) is 0 Å². The number of fused-ring (bicyclic) bond motifs is 1. The fourth-order valence-electron chi connectivity index (χ4n) is 2.32. The summed E-state index contributed by atoms with van der Waals surface area (Å²) in [5.74, 6) is -1.26. The van der Waals surface area contributed by atoms with E-state index in [1.807, 2.05) is 31.2 Å². The summed E-state index contributed by atoms with van der Waals surface area (Å²) in [5, 5.41) is 6.04. The standard InChI is InChI=1S/C16H14ClN3O3S/c1-9-11-6-13(16(22)23-8-14(18)21)24-15(11)20(19-9)7-10-4-2-3-5-12(10)17/h2-6H,7-8H2,1H3,(H2,18,21). The Morgan fingerprint density at radius 1 is 1.38 bits per heavy atom. The highest BCUT2D eigenvalue weighted by Gasteiger charge is 2.18. The van der Waals surface area contributed by atoms with E-state index in [2.05, 4.69) is 5.10 Å². The lowest BCUT2D eigenvalue weighted by Crippen LogP contribution is -2.20. The zero-order valence-corrected chi connectivity index (χ0v) is 14.4. The molecule has 0 aliphatic heterocycles. The number of aryl methyl sites for hydroxylation is 1. The van der Waals surface area contributed by atoms with Gasteiger partial charge >= 0.3 is 5.97 Å². The first-order valence-electron chi connectivity index (χ1n) is 7.11. The number of primary amides is 1. The van der Waals surface area contributed by atoms with Crippen molar-refractivity contribution in [1.82, 2.24) is 9.78 Å². The normalized spacial score (nSPS) is 10.9. The van der Waals surface area contributed by atoms with Crippen molar-refractivity contribution in [3.05, 3.63) is 51.5 Å². The van der Waals surface area contributed by atoms with Crippen molar-refractivity contribution in [1.29, 1.82) is 0 Å². The Bertz CT molecular complexity index is 932. The number of hydrogen-bond acceptors (Lipinski definition) is 5. The Kier molecular flexibility index (Phi) is 4.55. The van der Waals surface area contributed by atoms with Crippen LogP contribution in [0.4, 0.5) is 0 Å². The molecule has 0 unspecified atom stereocenters. The highest BCUT2D eigenvalue weighted by molar-refractivity contribution is 7.20. The van der Waals surface area contributed by atoms with Crippen molar-refractivity contribution in [2.45, 2.75) is 13.5 Å². The van der Waals surface area contributed by atoms with E-state index in [4.69, 9.17) is 22.1 Å². The predicted octanol–water partition coefficient (Wildman–Crippen LogP) is 2.75. The molecule has 0 aliphatic carbocycles. The predicted molar refractivity (Wildman–Crippen MR) is 92.4 cm³/mol. The molecule has 2 aromatic heterocycles. The Hall–Kier alpha value is -2.38. The Morgan fingerprint density at radius 3 is 2.83 bits per heavy atom. The monoisotopic (exact) mass is 363 g/mol. The summed E-state index contributed by atoms with van der Waals surface area (Å²) in [5.41, 5.74) is 6.73. The number of amides is 1. The van der Waals surface area contributed by atoms with Crippen LogP contribution in [0.15, 0.2) is 30.3 Å². The van der Waals surface area contributed by atoms with E-state index in [-0.39, 0.29) is 0 Å². The van der Waals surface area contributed by atoms with Crippen LogP contribution in [0.25, 0.3) is 10.2 Å². The Balaban J connectivity index is 1.91. The summed E-state index contributed by atoms with van der Waals surface area (Å²) in [6.07, 6.45) is 0. The second kappa shape index (κ2) is 6.62. The first-order valence-corrected chi connectivity index (χ1v) is 8.31. The van der Waals surface area contributed by atoms with Crippen LogP contribution in [-0.4, -0.2) is 28.3 Å². The summed E-state index contributed by atoms with van der Waals surface area (Å²) in [4.78, 5) is 24.0. The van der Waals surface area contributed by atoms with E-state index in [1.165, 1.54) is 11.3 Å². The fourth-order valence-corrected chi connectivity index (χ4v) is 3.57. The molecule has 3 rings (SSSR count). The average Bonchev–Trinajstić information content (AvgIpc) is 3.09. The molecule has 2 N–H and O–H groups in total. The van der Waals surface area contributed by atoms with Gasteiger partial charge < -0.3 is 10.5 Å². The number of nitrogens with two attached hydrogens (primary N) is 1. The molecule has 2 heterocycles. The molecule has 3 aromatic rings. The molecule has 0 bridgehead atoms. The molecule has 24 heavy (non-hydrogen) atoms. The number of aromatic nitrogens is 2. The second-order valence-corrected chi connectivity index (χ2v) is 6.64. The van der Waals surface area contributed by atoms with E-state index in [9.17, 15) is 9.59 Å². The van der Waals surface area contributed by atoms with E-state index in [0.717, 1.165) is 21.5 Å². The smallest absolute Gasteiger partial charge is 0.348 e. The number of halogens is 1. The molecule has 124 valence electrons. The lowest BCUT2D eigenvalue weighted by molar-refractivity contribution is -0.121. The van der Waals surface area contributed by atoms with Crippen LogP contribution in [0, 0.1) is 6.92 Å². The SMILES string of the molecule is Cc1nn(Cc2ccccc2Cl)c2sc(C(=O)OCC(N)=O)cc12. The topological polar surface area (TPSA) is 87.2 Å². The number of esters is 1. The summed E-state index contributed by atoms with van der Waals surface area (Å²) >= 11 is 7.46. The molecular weight excluding hydrogens is 350 g/mol. The van der Waals surface area contributed by atoms with Crippen LogP contribution in [0.3, 0.4) is 0 Å². The molecule has 0 saturated carbocycles. The van der Waals surface area contributed by atoms with Gasteiger partial charge in [0.2, 0.25) is 0 Å². The molecule has 0 aliphatic rings. The molecule has 0 spiro atoms. The summed E-state index contributed by atoms with van der Waals surface area (Å²) in [6.45, 7) is 1.94. The first kappa shape index (κ1) is 16.5. The maximum absolute atomic E-state index is 12.0. The van der Waals surface area contributed by atoms with E-state index >= 15 is 0 Å². The highest BCUT2D eigenvalue weighted by Crippen LogP contribution is 2.30. The van der Waals surface area contributed by atoms with Gasteiger partial charge in [0.25, 0.3) is 5.91 Å². The zero-order chi connectivity index (χ0) is 17.3. The summed E-state index contributed by atoms with van der Waals surface area (Å²) < 4.78 is 6.66. The second-order valence-electron chi connectivity index (χ2n) is 5.21. The van der Waals surface area contributed by atoms with Gasteiger partial charge in [0.15, 0.2) is 6.61 Å². The molecule has 0 fully saturated rings. The number of benzene rings is 1. The van der Waals surface area contributed by atoms with E-state index < -0.39 is 18.5 Å². The van der Waals surface area contributed by atoms with Crippen molar-refractivity contribution in [2.75, 3.05) is 6.61 Å². The maximum Gasteiger partial charge on any atom is 0.348 e. The van der Waals surface area contributed by atoms with Gasteiger partial charge in [0, 0.05) is 10.4 Å². The number of carbonyl (C=O) groups is 2. The molecular formula is C16H14ClN3O3S. The third-order valence-corrected chi connectivity index (χ3v) is 4.93. The number of nitrogens with zero attached hydrogens (tertiary/aromatic N) is 2. The molecule has 0 saturated heterocycles. The molecule has 6 nitrogen and oxygen atoms in total. The quantitative estimate of drug-likeness (QED) is 0.706. The van der Waals surface area contributed by atoms with E-state index in [1.54, 1.807) is 10.7 Å². The number of hydrogen-bond donors (Lipinski definition) is 1. The minimum absolute atomic E-state index is 0.402. The van der Waals surface area contributed by atoms with Crippen LogP contribution in [0.1, 0.15) is 20.9 Å². The highest BCUT2D eigenvalue weighted by atomic mass is 35.5. The molecule has 0 atom stereocenters. The van der Waals surface area contributed by atoms with Crippen LogP contribution in [0.5, 0.6) is 0 Å². The first-order chi connectivity index (χ1) is 11.5. The van der Waals surface area contributed by atoms with Gasteiger partial charge in [-0.15, -0.1) is 11.3 Å². The van der Waals surface area contributed by atoms with Gasteiger partial charge in [0.1, 0.15) is 9.71 Å². The van der Waals surface area contributed by atoms with Gasteiger partial charge in [0.05, 0.1) is 12.2 Å². The Morgan fingerprint density at radius 2 is 2.12 bits per heavy atom. The maximum atomic E-state index is 12.0. The number of ether oxygens (including phenoxy) is 1. The van der Waals surface area contributed by atoms with E-state index in [0.29, 0.717) is 16.4 Å². The molecule has 1 aromatic carbocycles. The summed E-state index contributed by atoms with van der Waals surface area (Å²) in [6, 6.07) is 9.25. The van der Waals surface area contributed by atoms with Crippen LogP contribution >= 0.6 is 22.9 Å². The third-order valence-electron chi connectivity index (χ3n) is 3.43. The van der Waals surface area contributed by atoms with Crippen molar-refractivity contribution < 1.29 is 14.3 Å². The van der Waals surface area contributed by atoms with Gasteiger partial charge in [-0.1, -0.05) is 29.8 Å². The number of carbonyl (C=O) groups excluding carboxylic acids is 2. The largest absolute Gasteiger partial charge is 0.451 e. The minimum atomic E-state index is -0.689. The van der Waals surface area contributed by atoms with Crippen molar-refractivity contribution >= 4 is 45.0 Å². The zero-order valence-electron chi connectivity index (χ0n) is 12.8. The van der Waals surface area contributed by atoms with Crippen LogP contribution < -0.4 is 5.73 Å². The van der Waals surface area contributed by atoms with Crippen LogP contribution in [0.2, 0.25) is 5.02 Å². The van der Waals surface area contributed by atoms with Crippen LogP contribution in [-0.2, 0) is 16.1 Å². The number of thiophene rings is 1. The molecule has 1 amide bonds. The molecule has 8 heteroatoms. The van der Waals surface area contributed by atoms with Crippen molar-refractivity contribution in [3.63, 3.8) is 0 Å². The summed E-state index contributed by atoms with van der Waals surface area (Å²) in [7, 11) is 0. The Labute approximate surface area is 146 Å². The van der Waals surface area contributed by atoms with Crippen molar-refractivity contribution in [2.24, 2.45) is 5.73 Å².